The van der Waals surface area contributed by atoms with Crippen molar-refractivity contribution in [2.45, 2.75) is 0 Å². The van der Waals surface area contributed by atoms with Crippen molar-refractivity contribution >= 4 is 11.0 Å². The second-order valence-corrected chi connectivity index (χ2v) is 2.40. The van der Waals surface area contributed by atoms with Crippen LogP contribution in [0, 0.1) is 0 Å². The van der Waals surface area contributed by atoms with Crippen LogP contribution in [0.25, 0.3) is 11.0 Å². The Kier molecular flexibility index (Phi) is 1.40. The molecule has 12 heavy (non-hydrogen) atoms. The van der Waals surface area contributed by atoms with Crippen molar-refractivity contribution in [3.8, 4) is 5.75 Å². The number of H-pyrrole nitrogens is 1. The monoisotopic (exact) mass is 165 g/mol. The van der Waals surface area contributed by atoms with Gasteiger partial charge >= 0.3 is 0 Å². The number of nitrogens with one attached hydrogen (secondary N) is 1. The summed E-state index contributed by atoms with van der Waals surface area (Å²) in [4.78, 5) is 11.0. The summed E-state index contributed by atoms with van der Waals surface area (Å²) in [5.41, 5.74) is 0.310. The normalized spacial score (nSPS) is 10.4. The van der Waals surface area contributed by atoms with Crippen LogP contribution in [0.5, 0.6) is 5.75 Å². The van der Waals surface area contributed by atoms with Crippen molar-refractivity contribution in [2.75, 3.05) is 7.11 Å². The molecule has 1 N–H and O–H groups in total. The first-order valence-corrected chi connectivity index (χ1v) is 3.46. The molecule has 1 aromatic heterocycles. The van der Waals surface area contributed by atoms with Crippen LogP contribution in [0.3, 0.4) is 0 Å². The highest BCUT2D eigenvalue weighted by Crippen LogP contribution is 2.16. The maximum atomic E-state index is 11.0. The zero-order valence-corrected chi connectivity index (χ0v) is 6.46. The summed E-state index contributed by atoms with van der Waals surface area (Å²) in [5, 5.41) is 2.75. The second-order valence-electron chi connectivity index (χ2n) is 2.40. The molecule has 0 aliphatic rings. The lowest BCUT2D eigenvalue weighted by molar-refractivity contribution is 0.415. The summed E-state index contributed by atoms with van der Waals surface area (Å²) in [6.07, 6.45) is 0. The Balaban J connectivity index is 2.80. The molecule has 0 unspecified atom stereocenters. The number of aromatic nitrogens is 1. The van der Waals surface area contributed by atoms with Gasteiger partial charge in [-0.15, -0.1) is 0 Å². The highest BCUT2D eigenvalue weighted by atomic mass is 16.5. The fourth-order valence-electron chi connectivity index (χ4n) is 1.06. The van der Waals surface area contributed by atoms with E-state index in [0.29, 0.717) is 16.7 Å². The topological polar surface area (TPSA) is 55.2 Å². The molecule has 0 fully saturated rings. The van der Waals surface area contributed by atoms with E-state index in [9.17, 15) is 4.79 Å². The summed E-state index contributed by atoms with van der Waals surface area (Å²) >= 11 is 0. The highest BCUT2D eigenvalue weighted by Gasteiger charge is 2.03. The third kappa shape index (κ3) is 0.887. The molecule has 0 saturated carbocycles. The van der Waals surface area contributed by atoms with Crippen LogP contribution < -0.4 is 10.3 Å². The van der Waals surface area contributed by atoms with Crippen LogP contribution in [0.1, 0.15) is 0 Å². The first kappa shape index (κ1) is 6.97. The highest BCUT2D eigenvalue weighted by molar-refractivity contribution is 5.77. The lowest BCUT2D eigenvalue weighted by Gasteiger charge is -1.95. The van der Waals surface area contributed by atoms with E-state index in [1.165, 1.54) is 0 Å². The summed E-state index contributed by atoms with van der Waals surface area (Å²) in [5.74, 6) is 0.648. The fraction of sp³-hybridized carbons (Fsp3) is 0.125. The molecule has 1 heterocycles. The van der Waals surface area contributed by atoms with Crippen LogP contribution in [-0.2, 0) is 0 Å². The van der Waals surface area contributed by atoms with Crippen molar-refractivity contribution in [3.63, 3.8) is 0 Å². The Bertz CT molecular complexity index is 455. The number of benzene rings is 1. The van der Waals surface area contributed by atoms with E-state index in [1.807, 2.05) is 0 Å². The van der Waals surface area contributed by atoms with Gasteiger partial charge in [0, 0.05) is 0 Å². The van der Waals surface area contributed by atoms with Gasteiger partial charge in [-0.2, -0.15) is 5.16 Å². The van der Waals surface area contributed by atoms with Gasteiger partial charge in [-0.3, -0.25) is 4.79 Å². The molecule has 0 atom stereocenters. The van der Waals surface area contributed by atoms with Gasteiger partial charge in [0.15, 0.2) is 5.58 Å². The number of hydrogen-bond donors (Lipinski definition) is 1. The standard InChI is InChI=1S/C8H7NO3/c1-11-5-2-3-7-6(4-5)8(10)9-12-7/h2-4H,1H3,(H,9,10). The third-order valence-corrected chi connectivity index (χ3v) is 1.69. The smallest absolute Gasteiger partial charge is 0.287 e. The molecule has 62 valence electrons. The first-order chi connectivity index (χ1) is 5.81. The zero-order chi connectivity index (χ0) is 8.55. The average molecular weight is 165 g/mol. The molecule has 0 saturated heterocycles. The SMILES string of the molecule is COc1ccc2o[nH]c(=O)c2c1. The Labute approximate surface area is 67.7 Å². The molecule has 0 bridgehead atoms. The van der Waals surface area contributed by atoms with Crippen molar-refractivity contribution in [1.29, 1.82) is 0 Å². The van der Waals surface area contributed by atoms with E-state index in [2.05, 4.69) is 5.16 Å². The van der Waals surface area contributed by atoms with Gasteiger partial charge in [0.05, 0.1) is 12.5 Å². The van der Waals surface area contributed by atoms with E-state index in [4.69, 9.17) is 9.26 Å². The number of rotatable bonds is 1. The number of ether oxygens (including phenoxy) is 1. The average Bonchev–Trinajstić information content (AvgIpc) is 2.47. The van der Waals surface area contributed by atoms with Crippen molar-refractivity contribution in [3.05, 3.63) is 28.6 Å². The Morgan fingerprint density at radius 1 is 1.50 bits per heavy atom. The minimum Gasteiger partial charge on any atom is -0.497 e. The molecule has 4 heteroatoms. The molecule has 0 aliphatic heterocycles. The zero-order valence-electron chi connectivity index (χ0n) is 6.46. The van der Waals surface area contributed by atoms with Crippen molar-refractivity contribution in [1.82, 2.24) is 5.16 Å². The van der Waals surface area contributed by atoms with Gasteiger partial charge in [0.25, 0.3) is 5.56 Å². The van der Waals surface area contributed by atoms with E-state index in [-0.39, 0.29) is 5.56 Å². The third-order valence-electron chi connectivity index (χ3n) is 1.69. The maximum absolute atomic E-state index is 11.0. The van der Waals surface area contributed by atoms with Crippen LogP contribution in [0.4, 0.5) is 0 Å². The van der Waals surface area contributed by atoms with Gasteiger partial charge in [0.1, 0.15) is 5.75 Å². The Hall–Kier alpha value is -1.71. The Morgan fingerprint density at radius 3 is 3.08 bits per heavy atom. The molecule has 0 aliphatic carbocycles. The molecular formula is C8H7NO3. The summed E-state index contributed by atoms with van der Waals surface area (Å²) in [6, 6.07) is 5.06. The largest absolute Gasteiger partial charge is 0.497 e. The molecule has 4 nitrogen and oxygen atoms in total. The lowest BCUT2D eigenvalue weighted by Crippen LogP contribution is -1.96. The van der Waals surface area contributed by atoms with Gasteiger partial charge in [-0.1, -0.05) is 0 Å². The van der Waals surface area contributed by atoms with Gasteiger partial charge in [-0.25, -0.2) is 0 Å². The predicted molar refractivity (Wildman–Crippen MR) is 43.4 cm³/mol. The molecule has 2 rings (SSSR count). The molecule has 0 radical (unpaired) electrons. The maximum Gasteiger partial charge on any atom is 0.287 e. The predicted octanol–water partition coefficient (Wildman–Crippen LogP) is 1.13. The van der Waals surface area contributed by atoms with Crippen molar-refractivity contribution < 1.29 is 9.26 Å². The molecular weight excluding hydrogens is 158 g/mol. The van der Waals surface area contributed by atoms with Crippen LogP contribution in [0.2, 0.25) is 0 Å². The number of hydrogen-bond acceptors (Lipinski definition) is 3. The number of aromatic amines is 1. The lowest BCUT2D eigenvalue weighted by atomic mass is 10.2. The Morgan fingerprint density at radius 2 is 2.33 bits per heavy atom. The number of fused-ring (bicyclic) bond motifs is 1. The minimum absolute atomic E-state index is 0.232. The number of methoxy groups -OCH3 is 1. The van der Waals surface area contributed by atoms with Crippen LogP contribution >= 0.6 is 0 Å². The fourth-order valence-corrected chi connectivity index (χ4v) is 1.06. The second kappa shape index (κ2) is 2.41. The van der Waals surface area contributed by atoms with Crippen LogP contribution in [0.15, 0.2) is 27.5 Å². The molecule has 2 aromatic rings. The molecule has 0 spiro atoms. The molecule has 0 amide bonds. The summed E-state index contributed by atoms with van der Waals surface area (Å²) in [6.45, 7) is 0. The summed E-state index contributed by atoms with van der Waals surface area (Å²) < 4.78 is 9.81. The first-order valence-electron chi connectivity index (χ1n) is 3.46. The quantitative estimate of drug-likeness (QED) is 0.689. The van der Waals surface area contributed by atoms with E-state index in [0.717, 1.165) is 0 Å². The van der Waals surface area contributed by atoms with Gasteiger partial charge in [0.2, 0.25) is 0 Å². The van der Waals surface area contributed by atoms with Gasteiger partial charge < -0.3 is 9.26 Å². The van der Waals surface area contributed by atoms with E-state index in [1.54, 1.807) is 25.3 Å². The van der Waals surface area contributed by atoms with E-state index < -0.39 is 0 Å². The minimum atomic E-state index is -0.232. The van der Waals surface area contributed by atoms with E-state index >= 15 is 0 Å². The van der Waals surface area contributed by atoms with Gasteiger partial charge in [-0.05, 0) is 18.2 Å². The van der Waals surface area contributed by atoms with Crippen molar-refractivity contribution in [2.24, 2.45) is 0 Å². The van der Waals surface area contributed by atoms with Crippen LogP contribution in [-0.4, -0.2) is 12.3 Å². The summed E-state index contributed by atoms with van der Waals surface area (Å²) in [7, 11) is 1.55. The molecule has 1 aromatic carbocycles.